The van der Waals surface area contributed by atoms with Gasteiger partial charge in [0.1, 0.15) is 0 Å². The average molecular weight is 450 g/mol. The quantitative estimate of drug-likeness (QED) is 0.260. The molecule has 0 saturated carbocycles. The summed E-state index contributed by atoms with van der Waals surface area (Å²) >= 11 is 3.73. The number of hydrogen-bond donors (Lipinski definition) is 0. The van der Waals surface area contributed by atoms with Crippen molar-refractivity contribution in [1.29, 1.82) is 0 Å². The van der Waals surface area contributed by atoms with Gasteiger partial charge in [0.2, 0.25) is 0 Å². The molecule has 3 nitrogen and oxygen atoms in total. The summed E-state index contributed by atoms with van der Waals surface area (Å²) in [5.41, 5.74) is 2.14. The van der Waals surface area contributed by atoms with Gasteiger partial charge in [0, 0.05) is 27.9 Å². The van der Waals surface area contributed by atoms with Gasteiger partial charge < -0.3 is 0 Å². The molecular weight excluding hydrogens is 434 g/mol. The molecule has 142 valence electrons. The molecule has 0 fully saturated rings. The van der Waals surface area contributed by atoms with Crippen molar-refractivity contribution in [3.8, 4) is 0 Å². The maximum absolute atomic E-state index is 4.61. The highest BCUT2D eigenvalue weighted by Crippen LogP contribution is 2.44. The molecular formula is C26H16BrN3. The van der Waals surface area contributed by atoms with Crippen molar-refractivity contribution in [3.63, 3.8) is 0 Å². The van der Waals surface area contributed by atoms with E-state index in [2.05, 4.69) is 91.5 Å². The monoisotopic (exact) mass is 449 g/mol. The Labute approximate surface area is 182 Å². The highest BCUT2D eigenvalue weighted by atomic mass is 79.9. The second kappa shape index (κ2) is 6.78. The summed E-state index contributed by atoms with van der Waals surface area (Å²) in [5, 5.41) is 7.46. The summed E-state index contributed by atoms with van der Waals surface area (Å²) < 4.78 is 1.11. The lowest BCUT2D eigenvalue weighted by Gasteiger charge is -2.26. The van der Waals surface area contributed by atoms with Crippen LogP contribution in [-0.4, -0.2) is 9.97 Å². The molecule has 0 radical (unpaired) electrons. The summed E-state index contributed by atoms with van der Waals surface area (Å²) in [5.74, 6) is 0.792. The van der Waals surface area contributed by atoms with Gasteiger partial charge >= 0.3 is 0 Å². The van der Waals surface area contributed by atoms with Gasteiger partial charge in [-0.1, -0.05) is 70.5 Å². The first-order valence-corrected chi connectivity index (χ1v) is 10.6. The molecule has 1 aromatic heterocycles. The number of hydrogen-bond acceptors (Lipinski definition) is 3. The van der Waals surface area contributed by atoms with Crippen molar-refractivity contribution in [3.05, 3.63) is 102 Å². The molecule has 0 aliphatic heterocycles. The molecule has 0 spiro atoms. The van der Waals surface area contributed by atoms with Crippen LogP contribution < -0.4 is 4.90 Å². The van der Waals surface area contributed by atoms with Crippen LogP contribution in [0.4, 0.5) is 17.2 Å². The topological polar surface area (TPSA) is 29.0 Å². The first kappa shape index (κ1) is 17.4. The van der Waals surface area contributed by atoms with Crippen molar-refractivity contribution in [2.24, 2.45) is 0 Å². The number of benzene rings is 5. The number of anilines is 3. The van der Waals surface area contributed by atoms with Crippen molar-refractivity contribution in [2.45, 2.75) is 0 Å². The molecule has 5 aromatic carbocycles. The SMILES string of the molecule is Brc1ccc2ccc3c(N(c4ccccc4)c4cnccn4)ccc4ccc1c2c43. The lowest BCUT2D eigenvalue weighted by molar-refractivity contribution is 1.13. The van der Waals surface area contributed by atoms with Gasteiger partial charge in [-0.2, -0.15) is 0 Å². The van der Waals surface area contributed by atoms with Gasteiger partial charge in [-0.15, -0.1) is 0 Å². The van der Waals surface area contributed by atoms with Crippen LogP contribution in [-0.2, 0) is 0 Å². The smallest absolute Gasteiger partial charge is 0.156 e. The second-order valence-corrected chi connectivity index (χ2v) is 8.14. The van der Waals surface area contributed by atoms with E-state index in [9.17, 15) is 0 Å². The fourth-order valence-corrected chi connectivity index (χ4v) is 4.79. The van der Waals surface area contributed by atoms with Crippen LogP contribution in [0.25, 0.3) is 32.3 Å². The minimum atomic E-state index is 0.792. The van der Waals surface area contributed by atoms with E-state index >= 15 is 0 Å². The first-order chi connectivity index (χ1) is 14.8. The summed E-state index contributed by atoms with van der Waals surface area (Å²) in [6, 6.07) is 27.8. The molecule has 4 heteroatoms. The molecule has 0 unspecified atom stereocenters. The van der Waals surface area contributed by atoms with Crippen molar-refractivity contribution >= 4 is 65.4 Å². The minimum Gasteiger partial charge on any atom is -0.293 e. The molecule has 0 aliphatic rings. The zero-order valence-electron chi connectivity index (χ0n) is 16.0. The van der Waals surface area contributed by atoms with Gasteiger partial charge in [-0.05, 0) is 51.2 Å². The summed E-state index contributed by atoms with van der Waals surface area (Å²) in [7, 11) is 0. The number of halogens is 1. The fraction of sp³-hybridized carbons (Fsp3) is 0. The van der Waals surface area contributed by atoms with Crippen LogP contribution in [0.15, 0.2) is 102 Å². The lowest BCUT2D eigenvalue weighted by atomic mass is 9.93. The summed E-state index contributed by atoms with van der Waals surface area (Å²) in [6.07, 6.45) is 5.24. The third kappa shape index (κ3) is 2.57. The van der Waals surface area contributed by atoms with E-state index in [1.165, 1.54) is 32.3 Å². The fourth-order valence-electron chi connectivity index (χ4n) is 4.32. The molecule has 30 heavy (non-hydrogen) atoms. The Hall–Kier alpha value is -3.50. The van der Waals surface area contributed by atoms with Crippen molar-refractivity contribution < 1.29 is 0 Å². The Bertz CT molecular complexity index is 1460. The highest BCUT2D eigenvalue weighted by molar-refractivity contribution is 9.10. The molecule has 6 rings (SSSR count). The number of para-hydroxylation sites is 1. The molecule has 6 aromatic rings. The molecule has 0 saturated heterocycles. The Balaban J connectivity index is 1.73. The van der Waals surface area contributed by atoms with Crippen molar-refractivity contribution in [2.75, 3.05) is 4.90 Å². The van der Waals surface area contributed by atoms with Gasteiger partial charge in [-0.25, -0.2) is 4.98 Å². The van der Waals surface area contributed by atoms with Gasteiger partial charge in [0.15, 0.2) is 5.82 Å². The Morgan fingerprint density at radius 3 is 2.13 bits per heavy atom. The first-order valence-electron chi connectivity index (χ1n) is 9.78. The normalized spacial score (nSPS) is 11.5. The van der Waals surface area contributed by atoms with Crippen molar-refractivity contribution in [1.82, 2.24) is 9.97 Å². The average Bonchev–Trinajstić information content (AvgIpc) is 2.81. The molecule has 1 heterocycles. The zero-order chi connectivity index (χ0) is 20.1. The molecule has 0 amide bonds. The summed E-state index contributed by atoms with van der Waals surface area (Å²) in [6.45, 7) is 0. The van der Waals surface area contributed by atoms with Gasteiger partial charge in [0.05, 0.1) is 11.9 Å². The Morgan fingerprint density at radius 1 is 0.667 bits per heavy atom. The molecule has 0 atom stereocenters. The number of nitrogens with zero attached hydrogens (tertiary/aromatic N) is 3. The van der Waals surface area contributed by atoms with Crippen LogP contribution in [0.3, 0.4) is 0 Å². The van der Waals surface area contributed by atoms with Crippen LogP contribution in [0.1, 0.15) is 0 Å². The maximum atomic E-state index is 4.61. The van der Waals surface area contributed by atoms with E-state index in [-0.39, 0.29) is 0 Å². The van der Waals surface area contributed by atoms with E-state index in [1.807, 2.05) is 24.4 Å². The van der Waals surface area contributed by atoms with Gasteiger partial charge in [-0.3, -0.25) is 9.88 Å². The van der Waals surface area contributed by atoms with E-state index in [4.69, 9.17) is 0 Å². The standard InChI is InChI=1S/C26H16BrN3/c27-22-12-8-17-7-11-21-23(13-9-18-6-10-20(22)25(17)26(18)21)30(19-4-2-1-3-5-19)24-16-28-14-15-29-24/h1-16H. The maximum Gasteiger partial charge on any atom is 0.156 e. The number of rotatable bonds is 3. The third-order valence-electron chi connectivity index (χ3n) is 5.62. The van der Waals surface area contributed by atoms with E-state index in [0.717, 1.165) is 21.7 Å². The van der Waals surface area contributed by atoms with Crippen LogP contribution in [0, 0.1) is 0 Å². The van der Waals surface area contributed by atoms with Gasteiger partial charge in [0.25, 0.3) is 0 Å². The summed E-state index contributed by atoms with van der Waals surface area (Å²) in [4.78, 5) is 11.1. The second-order valence-electron chi connectivity index (χ2n) is 7.29. The number of aromatic nitrogens is 2. The lowest BCUT2D eigenvalue weighted by Crippen LogP contribution is -2.12. The predicted molar refractivity (Wildman–Crippen MR) is 128 cm³/mol. The molecule has 0 bridgehead atoms. The van der Waals surface area contributed by atoms with Crippen LogP contribution in [0.5, 0.6) is 0 Å². The highest BCUT2D eigenvalue weighted by Gasteiger charge is 2.19. The third-order valence-corrected chi connectivity index (χ3v) is 6.31. The Morgan fingerprint density at radius 2 is 1.37 bits per heavy atom. The largest absolute Gasteiger partial charge is 0.293 e. The Kier molecular flexibility index (Phi) is 3.93. The molecule has 0 N–H and O–H groups in total. The van der Waals surface area contributed by atoms with Crippen LogP contribution in [0.2, 0.25) is 0 Å². The zero-order valence-corrected chi connectivity index (χ0v) is 17.5. The van der Waals surface area contributed by atoms with E-state index in [1.54, 1.807) is 12.4 Å². The molecule has 0 aliphatic carbocycles. The minimum absolute atomic E-state index is 0.792. The predicted octanol–water partition coefficient (Wildman–Crippen LogP) is 7.61. The van der Waals surface area contributed by atoms with Crippen LogP contribution >= 0.6 is 15.9 Å². The van der Waals surface area contributed by atoms with E-state index < -0.39 is 0 Å². The van der Waals surface area contributed by atoms with E-state index in [0.29, 0.717) is 0 Å².